The Hall–Kier alpha value is -1.38. The van der Waals surface area contributed by atoms with Gasteiger partial charge in [0.15, 0.2) is 11.5 Å². The van der Waals surface area contributed by atoms with E-state index >= 15 is 0 Å². The number of hydrogen-bond donors (Lipinski definition) is 2. The molecular weight excluding hydrogens is 142 g/mol. The SMILES string of the molecule is CNc1ccc(O)c(OC)c1. The molecule has 0 fully saturated rings. The zero-order valence-corrected chi connectivity index (χ0v) is 6.59. The van der Waals surface area contributed by atoms with Crippen LogP contribution < -0.4 is 10.1 Å². The summed E-state index contributed by atoms with van der Waals surface area (Å²) in [6.45, 7) is 0. The number of nitrogens with one attached hydrogen (secondary N) is 1. The lowest BCUT2D eigenvalue weighted by molar-refractivity contribution is 0.373. The molecule has 0 radical (unpaired) electrons. The lowest BCUT2D eigenvalue weighted by Gasteiger charge is -2.05. The van der Waals surface area contributed by atoms with E-state index < -0.39 is 0 Å². The highest BCUT2D eigenvalue weighted by Gasteiger charge is 1.99. The third-order valence-electron chi connectivity index (χ3n) is 1.47. The Morgan fingerprint density at radius 2 is 2.18 bits per heavy atom. The van der Waals surface area contributed by atoms with Crippen molar-refractivity contribution in [3.05, 3.63) is 18.2 Å². The van der Waals surface area contributed by atoms with Crippen molar-refractivity contribution in [2.45, 2.75) is 0 Å². The first-order valence-corrected chi connectivity index (χ1v) is 3.32. The van der Waals surface area contributed by atoms with E-state index in [1.54, 1.807) is 18.2 Å². The molecule has 0 saturated carbocycles. The summed E-state index contributed by atoms with van der Waals surface area (Å²) < 4.78 is 4.90. The number of rotatable bonds is 2. The highest BCUT2D eigenvalue weighted by atomic mass is 16.5. The van der Waals surface area contributed by atoms with Crippen LogP contribution in [0.4, 0.5) is 5.69 Å². The summed E-state index contributed by atoms with van der Waals surface area (Å²) in [6.07, 6.45) is 0. The number of phenols is 1. The number of hydrogen-bond acceptors (Lipinski definition) is 3. The van der Waals surface area contributed by atoms with E-state index in [-0.39, 0.29) is 5.75 Å². The van der Waals surface area contributed by atoms with E-state index in [4.69, 9.17) is 4.74 Å². The average Bonchev–Trinajstić information content (AvgIpc) is 2.05. The lowest BCUT2D eigenvalue weighted by atomic mass is 10.3. The second-order valence-corrected chi connectivity index (χ2v) is 2.14. The van der Waals surface area contributed by atoms with Crippen LogP contribution in [-0.2, 0) is 0 Å². The fourth-order valence-corrected chi connectivity index (χ4v) is 0.833. The third kappa shape index (κ3) is 1.55. The van der Waals surface area contributed by atoms with Crippen LogP contribution in [0, 0.1) is 0 Å². The monoisotopic (exact) mass is 153 g/mol. The molecular formula is C8H11NO2. The second kappa shape index (κ2) is 3.14. The number of ether oxygens (including phenoxy) is 1. The zero-order chi connectivity index (χ0) is 8.27. The van der Waals surface area contributed by atoms with Gasteiger partial charge in [-0.25, -0.2) is 0 Å². The highest BCUT2D eigenvalue weighted by molar-refractivity contribution is 5.53. The van der Waals surface area contributed by atoms with Gasteiger partial charge in [-0.05, 0) is 12.1 Å². The highest BCUT2D eigenvalue weighted by Crippen LogP contribution is 2.28. The minimum absolute atomic E-state index is 0.159. The largest absolute Gasteiger partial charge is 0.504 e. The molecule has 0 aromatic heterocycles. The minimum atomic E-state index is 0.159. The molecule has 2 N–H and O–H groups in total. The molecule has 0 aliphatic rings. The summed E-state index contributed by atoms with van der Waals surface area (Å²) >= 11 is 0. The molecule has 0 aliphatic carbocycles. The van der Waals surface area contributed by atoms with Crippen LogP contribution in [0.25, 0.3) is 0 Å². The van der Waals surface area contributed by atoms with Crippen molar-refractivity contribution < 1.29 is 9.84 Å². The molecule has 3 heteroatoms. The van der Waals surface area contributed by atoms with Crippen LogP contribution in [-0.4, -0.2) is 19.3 Å². The van der Waals surface area contributed by atoms with E-state index in [2.05, 4.69) is 5.32 Å². The molecule has 0 amide bonds. The fourth-order valence-electron chi connectivity index (χ4n) is 0.833. The van der Waals surface area contributed by atoms with Gasteiger partial charge in [0.2, 0.25) is 0 Å². The topological polar surface area (TPSA) is 41.5 Å². The van der Waals surface area contributed by atoms with Gasteiger partial charge in [-0.1, -0.05) is 0 Å². The fraction of sp³-hybridized carbons (Fsp3) is 0.250. The first-order valence-electron chi connectivity index (χ1n) is 3.32. The molecule has 0 saturated heterocycles. The zero-order valence-electron chi connectivity index (χ0n) is 6.59. The van der Waals surface area contributed by atoms with Gasteiger partial charge in [-0.2, -0.15) is 0 Å². The van der Waals surface area contributed by atoms with Gasteiger partial charge in [-0.15, -0.1) is 0 Å². The summed E-state index contributed by atoms with van der Waals surface area (Å²) in [7, 11) is 3.33. The number of methoxy groups -OCH3 is 1. The van der Waals surface area contributed by atoms with Gasteiger partial charge in [0, 0.05) is 18.8 Å². The van der Waals surface area contributed by atoms with Crippen molar-refractivity contribution in [3.63, 3.8) is 0 Å². The number of benzene rings is 1. The number of aromatic hydroxyl groups is 1. The van der Waals surface area contributed by atoms with Gasteiger partial charge in [0.1, 0.15) is 0 Å². The second-order valence-electron chi connectivity index (χ2n) is 2.14. The summed E-state index contributed by atoms with van der Waals surface area (Å²) in [6, 6.07) is 5.10. The van der Waals surface area contributed by atoms with E-state index in [0.29, 0.717) is 5.75 Å². The van der Waals surface area contributed by atoms with Crippen LogP contribution in [0.5, 0.6) is 11.5 Å². The quantitative estimate of drug-likeness (QED) is 0.632. The van der Waals surface area contributed by atoms with Gasteiger partial charge in [0.25, 0.3) is 0 Å². The molecule has 0 bridgehead atoms. The molecule has 60 valence electrons. The number of anilines is 1. The first kappa shape index (κ1) is 7.72. The predicted molar refractivity (Wildman–Crippen MR) is 44.2 cm³/mol. The van der Waals surface area contributed by atoms with Gasteiger partial charge < -0.3 is 15.2 Å². The Balaban J connectivity index is 3.02. The molecule has 1 aromatic rings. The standard InChI is InChI=1S/C8H11NO2/c1-9-6-3-4-7(10)8(5-6)11-2/h3-5,9-10H,1-2H3. The van der Waals surface area contributed by atoms with Crippen molar-refractivity contribution >= 4 is 5.69 Å². The van der Waals surface area contributed by atoms with Crippen LogP contribution in [0.1, 0.15) is 0 Å². The smallest absolute Gasteiger partial charge is 0.162 e. The van der Waals surface area contributed by atoms with Crippen LogP contribution in [0.2, 0.25) is 0 Å². The third-order valence-corrected chi connectivity index (χ3v) is 1.47. The first-order chi connectivity index (χ1) is 5.27. The Morgan fingerprint density at radius 1 is 1.45 bits per heavy atom. The Labute approximate surface area is 65.6 Å². The summed E-state index contributed by atoms with van der Waals surface area (Å²) in [4.78, 5) is 0. The van der Waals surface area contributed by atoms with Crippen molar-refractivity contribution in [2.24, 2.45) is 0 Å². The number of phenolic OH excluding ortho intramolecular Hbond substituents is 1. The average molecular weight is 153 g/mol. The molecule has 0 heterocycles. The molecule has 0 atom stereocenters. The van der Waals surface area contributed by atoms with Crippen molar-refractivity contribution in [2.75, 3.05) is 19.5 Å². The lowest BCUT2D eigenvalue weighted by Crippen LogP contribution is -1.89. The van der Waals surface area contributed by atoms with E-state index in [0.717, 1.165) is 5.69 Å². The Bertz CT molecular complexity index is 248. The van der Waals surface area contributed by atoms with Crippen LogP contribution >= 0.6 is 0 Å². The maximum atomic E-state index is 9.18. The summed E-state index contributed by atoms with van der Waals surface area (Å²) in [5.74, 6) is 0.642. The maximum Gasteiger partial charge on any atom is 0.162 e. The van der Waals surface area contributed by atoms with Crippen molar-refractivity contribution in [1.29, 1.82) is 0 Å². The molecule has 0 spiro atoms. The van der Waals surface area contributed by atoms with E-state index in [1.807, 2.05) is 7.05 Å². The van der Waals surface area contributed by atoms with E-state index in [1.165, 1.54) is 7.11 Å². The Kier molecular flexibility index (Phi) is 2.21. The van der Waals surface area contributed by atoms with Crippen molar-refractivity contribution in [3.8, 4) is 11.5 Å². The van der Waals surface area contributed by atoms with Crippen LogP contribution in [0.3, 0.4) is 0 Å². The van der Waals surface area contributed by atoms with Gasteiger partial charge >= 0.3 is 0 Å². The normalized spacial score (nSPS) is 9.27. The van der Waals surface area contributed by atoms with Gasteiger partial charge in [0.05, 0.1) is 7.11 Å². The molecule has 11 heavy (non-hydrogen) atoms. The molecule has 3 nitrogen and oxygen atoms in total. The summed E-state index contributed by atoms with van der Waals surface area (Å²) in [5.41, 5.74) is 0.916. The minimum Gasteiger partial charge on any atom is -0.504 e. The Morgan fingerprint density at radius 3 is 2.73 bits per heavy atom. The maximum absolute atomic E-state index is 9.18. The summed E-state index contributed by atoms with van der Waals surface area (Å²) in [5, 5.41) is 12.1. The predicted octanol–water partition coefficient (Wildman–Crippen LogP) is 1.44. The van der Waals surface area contributed by atoms with Crippen LogP contribution in [0.15, 0.2) is 18.2 Å². The molecule has 0 unspecified atom stereocenters. The van der Waals surface area contributed by atoms with Gasteiger partial charge in [-0.3, -0.25) is 0 Å². The molecule has 1 aromatic carbocycles. The molecule has 1 rings (SSSR count). The molecule has 0 aliphatic heterocycles. The van der Waals surface area contributed by atoms with Crippen molar-refractivity contribution in [1.82, 2.24) is 0 Å². The van der Waals surface area contributed by atoms with E-state index in [9.17, 15) is 5.11 Å².